The number of nitrogens with one attached hydrogen (secondary N) is 1. The second kappa shape index (κ2) is 7.20. The molecule has 0 spiro atoms. The molecule has 0 radical (unpaired) electrons. The van der Waals surface area contributed by atoms with Gasteiger partial charge >= 0.3 is 0 Å². The summed E-state index contributed by atoms with van der Waals surface area (Å²) in [7, 11) is 0. The van der Waals surface area contributed by atoms with Crippen molar-refractivity contribution in [1.29, 1.82) is 0 Å². The number of carbonyl (C=O) groups excluding carboxylic acids is 1. The van der Waals surface area contributed by atoms with E-state index in [4.69, 9.17) is 21.1 Å². The molecular formula is C21H24ClNO3. The molecule has 2 atom stereocenters. The summed E-state index contributed by atoms with van der Waals surface area (Å²) in [5, 5.41) is 3.75. The number of benzene rings is 2. The minimum absolute atomic E-state index is 0.114. The van der Waals surface area contributed by atoms with E-state index in [2.05, 4.69) is 11.4 Å². The van der Waals surface area contributed by atoms with E-state index in [9.17, 15) is 4.79 Å². The molecule has 0 saturated heterocycles. The Morgan fingerprint density at radius 3 is 2.65 bits per heavy atom. The molecule has 1 heterocycles. The third kappa shape index (κ3) is 4.31. The highest BCUT2D eigenvalue weighted by Gasteiger charge is 2.35. The number of ether oxygens (including phenoxy) is 2. The Morgan fingerprint density at radius 2 is 1.96 bits per heavy atom. The molecule has 3 rings (SSSR count). The van der Waals surface area contributed by atoms with E-state index in [1.54, 1.807) is 31.2 Å². The van der Waals surface area contributed by atoms with Crippen LogP contribution in [-0.4, -0.2) is 17.6 Å². The topological polar surface area (TPSA) is 47.6 Å². The Hall–Kier alpha value is -2.20. The Labute approximate surface area is 159 Å². The van der Waals surface area contributed by atoms with Gasteiger partial charge in [-0.25, -0.2) is 0 Å². The van der Waals surface area contributed by atoms with Crippen LogP contribution in [0.4, 0.5) is 0 Å². The van der Waals surface area contributed by atoms with Gasteiger partial charge in [-0.1, -0.05) is 29.3 Å². The van der Waals surface area contributed by atoms with Gasteiger partial charge in [-0.15, -0.1) is 0 Å². The van der Waals surface area contributed by atoms with Crippen LogP contribution < -0.4 is 14.8 Å². The first-order valence-electron chi connectivity index (χ1n) is 8.76. The number of rotatable bonds is 4. The van der Waals surface area contributed by atoms with Gasteiger partial charge in [0.2, 0.25) is 0 Å². The fourth-order valence-electron chi connectivity index (χ4n) is 3.16. The van der Waals surface area contributed by atoms with Gasteiger partial charge < -0.3 is 14.8 Å². The molecule has 0 fully saturated rings. The Bertz CT molecular complexity index is 801. The zero-order valence-corrected chi connectivity index (χ0v) is 16.3. The van der Waals surface area contributed by atoms with Gasteiger partial charge in [-0.05, 0) is 58.0 Å². The van der Waals surface area contributed by atoms with Crippen LogP contribution >= 0.6 is 11.6 Å². The van der Waals surface area contributed by atoms with E-state index >= 15 is 0 Å². The first-order chi connectivity index (χ1) is 12.2. The summed E-state index contributed by atoms with van der Waals surface area (Å²) >= 11 is 5.88. The summed E-state index contributed by atoms with van der Waals surface area (Å²) in [6.45, 7) is 7.84. The van der Waals surface area contributed by atoms with Crippen molar-refractivity contribution in [1.82, 2.24) is 5.32 Å². The molecule has 0 unspecified atom stereocenters. The lowest BCUT2D eigenvalue weighted by atomic mass is 9.89. The molecule has 0 aromatic heterocycles. The van der Waals surface area contributed by atoms with E-state index in [0.29, 0.717) is 17.2 Å². The predicted octanol–water partition coefficient (Wildman–Crippen LogP) is 4.83. The molecule has 1 N–H and O–H groups in total. The van der Waals surface area contributed by atoms with E-state index in [1.807, 2.05) is 32.9 Å². The summed E-state index contributed by atoms with van der Waals surface area (Å²) in [4.78, 5) is 12.7. The number of amides is 1. The summed E-state index contributed by atoms with van der Waals surface area (Å²) in [5.41, 5.74) is 1.80. The lowest BCUT2D eigenvalue weighted by Gasteiger charge is -2.38. The number of halogens is 1. The van der Waals surface area contributed by atoms with Crippen LogP contribution in [-0.2, 0) is 4.79 Å². The summed E-state index contributed by atoms with van der Waals surface area (Å²) in [6.07, 6.45) is 0.0819. The van der Waals surface area contributed by atoms with Gasteiger partial charge in [0.05, 0.1) is 6.04 Å². The zero-order chi connectivity index (χ0) is 18.9. The van der Waals surface area contributed by atoms with Gasteiger partial charge in [0.15, 0.2) is 6.10 Å². The molecule has 4 nitrogen and oxygen atoms in total. The van der Waals surface area contributed by atoms with Crippen molar-refractivity contribution in [3.05, 3.63) is 58.6 Å². The summed E-state index contributed by atoms with van der Waals surface area (Å²) in [6, 6.07) is 12.9. The van der Waals surface area contributed by atoms with Crippen LogP contribution in [0.1, 0.15) is 44.4 Å². The second-order valence-electron chi connectivity index (χ2n) is 7.38. The van der Waals surface area contributed by atoms with E-state index in [0.717, 1.165) is 16.9 Å². The third-order valence-corrected chi connectivity index (χ3v) is 4.69. The van der Waals surface area contributed by atoms with Crippen LogP contribution in [0.15, 0.2) is 42.5 Å². The fourth-order valence-corrected chi connectivity index (χ4v) is 3.29. The molecule has 26 heavy (non-hydrogen) atoms. The van der Waals surface area contributed by atoms with Crippen molar-refractivity contribution in [2.24, 2.45) is 0 Å². The molecule has 1 aliphatic rings. The standard InChI is InChI=1S/C21H24ClNO3/c1-13-5-10-19-17(11-13)18(12-21(3,4)26-19)23-20(24)14(2)25-16-8-6-15(22)7-9-16/h5-11,14,18H,12H2,1-4H3,(H,23,24)/t14-,18-/m1/s1. The molecular weight excluding hydrogens is 350 g/mol. The molecule has 0 aliphatic carbocycles. The predicted molar refractivity (Wildman–Crippen MR) is 103 cm³/mol. The van der Waals surface area contributed by atoms with Crippen LogP contribution in [0.5, 0.6) is 11.5 Å². The highest BCUT2D eigenvalue weighted by molar-refractivity contribution is 6.30. The van der Waals surface area contributed by atoms with Crippen molar-refractivity contribution in [3.8, 4) is 11.5 Å². The summed E-state index contributed by atoms with van der Waals surface area (Å²) in [5.74, 6) is 1.28. The zero-order valence-electron chi connectivity index (χ0n) is 15.5. The number of aryl methyl sites for hydroxylation is 1. The van der Waals surface area contributed by atoms with E-state index < -0.39 is 6.10 Å². The lowest BCUT2D eigenvalue weighted by molar-refractivity contribution is -0.128. The number of carbonyl (C=O) groups is 1. The quantitative estimate of drug-likeness (QED) is 0.834. The van der Waals surface area contributed by atoms with E-state index in [1.165, 1.54) is 0 Å². The maximum Gasteiger partial charge on any atom is 0.261 e. The average Bonchev–Trinajstić information content (AvgIpc) is 2.57. The highest BCUT2D eigenvalue weighted by atomic mass is 35.5. The lowest BCUT2D eigenvalue weighted by Crippen LogP contribution is -2.44. The van der Waals surface area contributed by atoms with Gasteiger partial charge in [0, 0.05) is 17.0 Å². The molecule has 1 amide bonds. The minimum atomic E-state index is -0.615. The summed E-state index contributed by atoms with van der Waals surface area (Å²) < 4.78 is 11.8. The van der Waals surface area contributed by atoms with Crippen LogP contribution in [0.2, 0.25) is 5.02 Å². The molecule has 2 aromatic carbocycles. The number of hydrogen-bond acceptors (Lipinski definition) is 3. The maximum atomic E-state index is 12.7. The molecule has 0 saturated carbocycles. The second-order valence-corrected chi connectivity index (χ2v) is 7.82. The normalized spacial score (nSPS) is 19.0. The van der Waals surface area contributed by atoms with Gasteiger partial charge in [0.1, 0.15) is 17.1 Å². The molecule has 0 bridgehead atoms. The van der Waals surface area contributed by atoms with E-state index in [-0.39, 0.29) is 17.6 Å². The number of hydrogen-bond donors (Lipinski definition) is 1. The smallest absolute Gasteiger partial charge is 0.261 e. The highest BCUT2D eigenvalue weighted by Crippen LogP contribution is 2.39. The fraction of sp³-hybridized carbons (Fsp3) is 0.381. The SMILES string of the molecule is Cc1ccc2c(c1)[C@H](NC(=O)[C@@H](C)Oc1ccc(Cl)cc1)CC(C)(C)O2. The first-order valence-corrected chi connectivity index (χ1v) is 9.13. The Morgan fingerprint density at radius 1 is 1.27 bits per heavy atom. The van der Waals surface area contributed by atoms with Gasteiger partial charge in [0.25, 0.3) is 5.91 Å². The van der Waals surface area contributed by atoms with Gasteiger partial charge in [-0.2, -0.15) is 0 Å². The maximum absolute atomic E-state index is 12.7. The van der Waals surface area contributed by atoms with Crippen molar-refractivity contribution >= 4 is 17.5 Å². The Kier molecular flexibility index (Phi) is 5.15. The van der Waals surface area contributed by atoms with Crippen molar-refractivity contribution in [3.63, 3.8) is 0 Å². The van der Waals surface area contributed by atoms with Crippen LogP contribution in [0.3, 0.4) is 0 Å². The van der Waals surface area contributed by atoms with Crippen LogP contribution in [0.25, 0.3) is 0 Å². The number of fused-ring (bicyclic) bond motifs is 1. The molecule has 5 heteroatoms. The van der Waals surface area contributed by atoms with Crippen molar-refractivity contribution in [2.45, 2.75) is 51.9 Å². The van der Waals surface area contributed by atoms with Crippen LogP contribution in [0, 0.1) is 6.92 Å². The monoisotopic (exact) mass is 373 g/mol. The average molecular weight is 374 g/mol. The van der Waals surface area contributed by atoms with Crippen molar-refractivity contribution < 1.29 is 14.3 Å². The van der Waals surface area contributed by atoms with Crippen molar-refractivity contribution in [2.75, 3.05) is 0 Å². The third-order valence-electron chi connectivity index (χ3n) is 4.43. The first kappa shape index (κ1) is 18.6. The van der Waals surface area contributed by atoms with Gasteiger partial charge in [-0.3, -0.25) is 4.79 Å². The largest absolute Gasteiger partial charge is 0.487 e. The Balaban J connectivity index is 1.74. The molecule has 138 valence electrons. The molecule has 1 aliphatic heterocycles. The molecule has 2 aromatic rings. The minimum Gasteiger partial charge on any atom is -0.487 e.